The van der Waals surface area contributed by atoms with Gasteiger partial charge in [0, 0.05) is 5.54 Å². The second-order valence-corrected chi connectivity index (χ2v) is 5.83. The molecule has 0 radical (unpaired) electrons. The molecule has 0 saturated heterocycles. The third-order valence-corrected chi connectivity index (χ3v) is 3.72. The third-order valence-electron chi connectivity index (χ3n) is 3.72. The van der Waals surface area contributed by atoms with Crippen LogP contribution in [0.3, 0.4) is 0 Å². The average Bonchev–Trinajstić information content (AvgIpc) is 2.55. The molecular formula is C17H23N. The standard InChI is InChI=1S/C17H23N/c1-17(2,18)16-10-6-9-15(11-12-16)13-14-7-4-3-5-8-14/h3-9,11,16H,10,12-13,18H2,1-2H3. The zero-order valence-electron chi connectivity index (χ0n) is 11.4. The van der Waals surface area contributed by atoms with Crippen molar-refractivity contribution in [3.63, 3.8) is 0 Å². The molecule has 1 unspecified atom stereocenters. The van der Waals surface area contributed by atoms with Gasteiger partial charge in [-0.2, -0.15) is 0 Å². The summed E-state index contributed by atoms with van der Waals surface area (Å²) in [5.41, 5.74) is 8.90. The van der Waals surface area contributed by atoms with Crippen LogP contribution in [0.15, 0.2) is 54.1 Å². The maximum Gasteiger partial charge on any atom is 0.0131 e. The van der Waals surface area contributed by atoms with Gasteiger partial charge in [-0.1, -0.05) is 48.6 Å². The van der Waals surface area contributed by atoms with E-state index >= 15 is 0 Å². The molecule has 0 heterocycles. The molecule has 0 amide bonds. The Morgan fingerprint density at radius 3 is 2.56 bits per heavy atom. The van der Waals surface area contributed by atoms with Crippen molar-refractivity contribution in [3.05, 3.63) is 59.7 Å². The van der Waals surface area contributed by atoms with Crippen LogP contribution >= 0.6 is 0 Å². The van der Waals surface area contributed by atoms with E-state index in [0.29, 0.717) is 5.92 Å². The summed E-state index contributed by atoms with van der Waals surface area (Å²) in [6, 6.07) is 10.6. The fourth-order valence-electron chi connectivity index (χ4n) is 2.41. The normalized spacial score (nSPS) is 20.4. The van der Waals surface area contributed by atoms with Gasteiger partial charge in [0.05, 0.1) is 0 Å². The van der Waals surface area contributed by atoms with Crippen LogP contribution in [0.25, 0.3) is 0 Å². The van der Waals surface area contributed by atoms with Crippen LogP contribution in [-0.2, 0) is 6.42 Å². The number of allylic oxidation sites excluding steroid dienone is 4. The van der Waals surface area contributed by atoms with E-state index in [1.165, 1.54) is 11.1 Å². The zero-order chi connectivity index (χ0) is 13.0. The molecule has 1 aromatic rings. The van der Waals surface area contributed by atoms with Crippen molar-refractivity contribution in [1.29, 1.82) is 0 Å². The number of benzene rings is 1. The Bertz CT molecular complexity index is 434. The highest BCUT2D eigenvalue weighted by Gasteiger charge is 2.23. The highest BCUT2D eigenvalue weighted by atomic mass is 14.7. The van der Waals surface area contributed by atoms with E-state index in [4.69, 9.17) is 5.73 Å². The monoisotopic (exact) mass is 241 g/mol. The van der Waals surface area contributed by atoms with Crippen LogP contribution in [0.1, 0.15) is 32.3 Å². The van der Waals surface area contributed by atoms with E-state index < -0.39 is 0 Å². The van der Waals surface area contributed by atoms with Crippen molar-refractivity contribution in [3.8, 4) is 0 Å². The van der Waals surface area contributed by atoms with E-state index in [1.807, 2.05) is 0 Å². The van der Waals surface area contributed by atoms with Crippen LogP contribution in [0, 0.1) is 5.92 Å². The molecule has 2 N–H and O–H groups in total. The van der Waals surface area contributed by atoms with Gasteiger partial charge in [0.2, 0.25) is 0 Å². The highest BCUT2D eigenvalue weighted by Crippen LogP contribution is 2.26. The summed E-state index contributed by atoms with van der Waals surface area (Å²) in [6.07, 6.45) is 10.1. The summed E-state index contributed by atoms with van der Waals surface area (Å²) in [6.45, 7) is 4.25. The van der Waals surface area contributed by atoms with Gasteiger partial charge in [0.1, 0.15) is 0 Å². The molecule has 0 aromatic heterocycles. The van der Waals surface area contributed by atoms with Crippen molar-refractivity contribution in [2.45, 2.75) is 38.6 Å². The van der Waals surface area contributed by atoms with Gasteiger partial charge in [-0.05, 0) is 50.2 Å². The molecule has 0 spiro atoms. The van der Waals surface area contributed by atoms with Gasteiger partial charge in [0.15, 0.2) is 0 Å². The van der Waals surface area contributed by atoms with Gasteiger partial charge >= 0.3 is 0 Å². The predicted octanol–water partition coefficient (Wildman–Crippen LogP) is 3.86. The largest absolute Gasteiger partial charge is 0.325 e. The Balaban J connectivity index is 2.05. The van der Waals surface area contributed by atoms with Crippen LogP contribution in [0.5, 0.6) is 0 Å². The maximum absolute atomic E-state index is 6.21. The van der Waals surface area contributed by atoms with Crippen molar-refractivity contribution in [2.24, 2.45) is 11.7 Å². The van der Waals surface area contributed by atoms with E-state index in [0.717, 1.165) is 19.3 Å². The Morgan fingerprint density at radius 1 is 1.17 bits per heavy atom. The lowest BCUT2D eigenvalue weighted by atomic mass is 9.84. The lowest BCUT2D eigenvalue weighted by Gasteiger charge is -2.28. The highest BCUT2D eigenvalue weighted by molar-refractivity contribution is 5.29. The van der Waals surface area contributed by atoms with Crippen LogP contribution in [0.4, 0.5) is 0 Å². The molecule has 1 heteroatoms. The van der Waals surface area contributed by atoms with Crippen molar-refractivity contribution < 1.29 is 0 Å². The quantitative estimate of drug-likeness (QED) is 0.854. The van der Waals surface area contributed by atoms with Crippen LogP contribution in [-0.4, -0.2) is 5.54 Å². The van der Waals surface area contributed by atoms with E-state index in [1.54, 1.807) is 0 Å². The number of hydrogen-bond donors (Lipinski definition) is 1. The molecular weight excluding hydrogens is 218 g/mol. The zero-order valence-corrected chi connectivity index (χ0v) is 11.4. The third kappa shape index (κ3) is 3.58. The van der Waals surface area contributed by atoms with Gasteiger partial charge in [-0.15, -0.1) is 0 Å². The van der Waals surface area contributed by atoms with Gasteiger partial charge in [-0.3, -0.25) is 0 Å². The fourth-order valence-corrected chi connectivity index (χ4v) is 2.41. The summed E-state index contributed by atoms with van der Waals surface area (Å²) < 4.78 is 0. The molecule has 0 aliphatic heterocycles. The minimum Gasteiger partial charge on any atom is -0.325 e. The Morgan fingerprint density at radius 2 is 1.89 bits per heavy atom. The summed E-state index contributed by atoms with van der Waals surface area (Å²) in [5.74, 6) is 0.544. The molecule has 1 atom stereocenters. The second kappa shape index (κ2) is 5.53. The first-order valence-electron chi connectivity index (χ1n) is 6.74. The molecule has 0 saturated carbocycles. The van der Waals surface area contributed by atoms with Crippen molar-refractivity contribution >= 4 is 0 Å². The first kappa shape index (κ1) is 13.1. The van der Waals surface area contributed by atoms with Crippen molar-refractivity contribution in [2.75, 3.05) is 0 Å². The molecule has 96 valence electrons. The van der Waals surface area contributed by atoms with E-state index in [2.05, 4.69) is 62.4 Å². The van der Waals surface area contributed by atoms with Crippen LogP contribution < -0.4 is 5.73 Å². The summed E-state index contributed by atoms with van der Waals surface area (Å²) >= 11 is 0. The lowest BCUT2D eigenvalue weighted by molar-refractivity contribution is 0.326. The first-order valence-corrected chi connectivity index (χ1v) is 6.74. The first-order chi connectivity index (χ1) is 8.55. The molecule has 1 nitrogen and oxygen atoms in total. The second-order valence-electron chi connectivity index (χ2n) is 5.83. The number of hydrogen-bond acceptors (Lipinski definition) is 1. The molecule has 2 rings (SSSR count). The Kier molecular flexibility index (Phi) is 4.03. The Hall–Kier alpha value is -1.34. The molecule has 1 aliphatic carbocycles. The van der Waals surface area contributed by atoms with Gasteiger partial charge in [0.25, 0.3) is 0 Å². The summed E-state index contributed by atoms with van der Waals surface area (Å²) in [7, 11) is 0. The van der Waals surface area contributed by atoms with Crippen LogP contribution in [0.2, 0.25) is 0 Å². The number of nitrogens with two attached hydrogens (primary N) is 1. The van der Waals surface area contributed by atoms with E-state index in [-0.39, 0.29) is 5.54 Å². The number of rotatable bonds is 3. The van der Waals surface area contributed by atoms with Crippen molar-refractivity contribution in [1.82, 2.24) is 0 Å². The van der Waals surface area contributed by atoms with E-state index in [9.17, 15) is 0 Å². The maximum atomic E-state index is 6.21. The minimum absolute atomic E-state index is 0.0942. The predicted molar refractivity (Wildman–Crippen MR) is 78.4 cm³/mol. The fraction of sp³-hybridized carbons (Fsp3) is 0.412. The lowest BCUT2D eigenvalue weighted by Crippen LogP contribution is -2.40. The summed E-state index contributed by atoms with van der Waals surface area (Å²) in [4.78, 5) is 0. The SMILES string of the molecule is CC(C)(N)C1CC=CC(Cc2ccccc2)=CC1. The topological polar surface area (TPSA) is 26.0 Å². The molecule has 1 aliphatic rings. The Labute approximate surface area is 110 Å². The average molecular weight is 241 g/mol. The smallest absolute Gasteiger partial charge is 0.0131 e. The van der Waals surface area contributed by atoms with Gasteiger partial charge < -0.3 is 5.73 Å². The van der Waals surface area contributed by atoms with Gasteiger partial charge in [-0.25, -0.2) is 0 Å². The molecule has 18 heavy (non-hydrogen) atoms. The molecule has 0 bridgehead atoms. The minimum atomic E-state index is -0.0942. The molecule has 1 aromatic carbocycles. The summed E-state index contributed by atoms with van der Waals surface area (Å²) in [5, 5.41) is 0. The molecule has 0 fully saturated rings.